The number of rotatable bonds is 2. The Balaban J connectivity index is 1.74. The number of hydrogen-bond donors (Lipinski definition) is 1. The first-order chi connectivity index (χ1) is 7.06. The number of hydrogen-bond acceptors (Lipinski definition) is 2. The summed E-state index contributed by atoms with van der Waals surface area (Å²) in [7, 11) is 0. The maximum Gasteiger partial charge on any atom is 0.0934 e. The van der Waals surface area contributed by atoms with E-state index in [0.29, 0.717) is 17.5 Å². The Bertz CT molecular complexity index is 396. The number of nitrogens with one attached hydrogen (secondary N) is 1. The van der Waals surface area contributed by atoms with Gasteiger partial charge in [0.25, 0.3) is 0 Å². The molecule has 1 aromatic heterocycles. The molecule has 2 aliphatic rings. The second-order valence-electron chi connectivity index (χ2n) is 5.43. The minimum Gasteiger partial charge on any atom is -0.307 e. The zero-order chi connectivity index (χ0) is 10.6. The van der Waals surface area contributed by atoms with E-state index in [0.717, 1.165) is 4.34 Å². The van der Waals surface area contributed by atoms with Crippen LogP contribution in [0, 0.1) is 5.41 Å². The number of fused-ring (bicyclic) bond motifs is 1. The predicted octanol–water partition coefficient (Wildman–Crippen LogP) is 3.78. The van der Waals surface area contributed by atoms with Crippen molar-refractivity contribution < 1.29 is 0 Å². The molecule has 0 amide bonds. The second kappa shape index (κ2) is 3.22. The Labute approximate surface area is 99.8 Å². The van der Waals surface area contributed by atoms with Gasteiger partial charge in [-0.3, -0.25) is 0 Å². The van der Waals surface area contributed by atoms with Crippen LogP contribution in [0.15, 0.2) is 6.07 Å². The van der Waals surface area contributed by atoms with Crippen molar-refractivity contribution in [2.45, 2.75) is 45.2 Å². The summed E-state index contributed by atoms with van der Waals surface area (Å²) in [5.74, 6) is 0. The molecule has 15 heavy (non-hydrogen) atoms. The van der Waals surface area contributed by atoms with E-state index < -0.39 is 0 Å². The quantitative estimate of drug-likeness (QED) is 0.831. The van der Waals surface area contributed by atoms with Gasteiger partial charge in [-0.25, -0.2) is 0 Å². The minimum atomic E-state index is 0.516. The van der Waals surface area contributed by atoms with Crippen LogP contribution in [0.5, 0.6) is 0 Å². The molecule has 1 fully saturated rings. The highest BCUT2D eigenvalue weighted by Gasteiger charge is 2.47. The van der Waals surface area contributed by atoms with E-state index in [1.165, 1.54) is 29.7 Å². The number of halogens is 1. The first-order valence-corrected chi connectivity index (χ1v) is 6.80. The van der Waals surface area contributed by atoms with Gasteiger partial charge < -0.3 is 5.32 Å². The molecule has 2 unspecified atom stereocenters. The molecular weight excluding hydrogens is 226 g/mol. The Kier molecular flexibility index (Phi) is 2.17. The Hall–Kier alpha value is -0.0500. The molecule has 2 atom stereocenters. The molecule has 3 heteroatoms. The standard InChI is InChI=1S/C12H16ClNS/c1-12(2)6-10(12)14-8-3-4-9-7(8)5-11(13)15-9/h5,8,10,14H,3-4,6H2,1-2H3. The van der Waals surface area contributed by atoms with Crippen LogP contribution in [0.25, 0.3) is 0 Å². The summed E-state index contributed by atoms with van der Waals surface area (Å²) in [5.41, 5.74) is 1.98. The average Bonchev–Trinajstić information content (AvgIpc) is 2.49. The fourth-order valence-corrected chi connectivity index (χ4v) is 3.85. The van der Waals surface area contributed by atoms with Gasteiger partial charge in [0.05, 0.1) is 4.34 Å². The maximum absolute atomic E-state index is 6.04. The normalized spacial score (nSPS) is 31.7. The molecule has 1 saturated carbocycles. The summed E-state index contributed by atoms with van der Waals surface area (Å²) in [5, 5.41) is 3.76. The molecule has 1 nitrogen and oxygen atoms in total. The number of thiophene rings is 1. The van der Waals surface area contributed by atoms with Crippen molar-refractivity contribution in [2.24, 2.45) is 5.41 Å². The van der Waals surface area contributed by atoms with E-state index in [1.807, 2.05) is 0 Å². The summed E-state index contributed by atoms with van der Waals surface area (Å²) in [6, 6.07) is 3.43. The van der Waals surface area contributed by atoms with Gasteiger partial charge in [-0.2, -0.15) is 0 Å². The molecule has 82 valence electrons. The van der Waals surface area contributed by atoms with Crippen molar-refractivity contribution in [3.05, 3.63) is 20.8 Å². The van der Waals surface area contributed by atoms with Gasteiger partial charge in [-0.15, -0.1) is 11.3 Å². The molecule has 3 rings (SSSR count). The summed E-state index contributed by atoms with van der Waals surface area (Å²) in [4.78, 5) is 1.50. The lowest BCUT2D eigenvalue weighted by atomic mass is 10.1. The van der Waals surface area contributed by atoms with E-state index in [9.17, 15) is 0 Å². The van der Waals surface area contributed by atoms with Crippen LogP contribution in [0.3, 0.4) is 0 Å². The largest absolute Gasteiger partial charge is 0.307 e. The van der Waals surface area contributed by atoms with Crippen LogP contribution in [0.2, 0.25) is 4.34 Å². The van der Waals surface area contributed by atoms with Gasteiger partial charge in [0.1, 0.15) is 0 Å². The smallest absolute Gasteiger partial charge is 0.0934 e. The van der Waals surface area contributed by atoms with Crippen LogP contribution >= 0.6 is 22.9 Å². The van der Waals surface area contributed by atoms with Crippen LogP contribution in [-0.4, -0.2) is 6.04 Å². The molecule has 0 saturated heterocycles. The lowest BCUT2D eigenvalue weighted by Gasteiger charge is -2.14. The molecule has 1 N–H and O–H groups in total. The molecule has 1 aromatic rings. The third-order valence-electron chi connectivity index (χ3n) is 3.76. The lowest BCUT2D eigenvalue weighted by Crippen LogP contribution is -2.24. The van der Waals surface area contributed by atoms with Crippen molar-refractivity contribution in [2.75, 3.05) is 0 Å². The molecule has 0 spiro atoms. The minimum absolute atomic E-state index is 0.516. The zero-order valence-corrected chi connectivity index (χ0v) is 10.7. The monoisotopic (exact) mass is 241 g/mol. The van der Waals surface area contributed by atoms with Crippen LogP contribution in [-0.2, 0) is 6.42 Å². The highest BCUT2D eigenvalue weighted by atomic mass is 35.5. The summed E-state index contributed by atoms with van der Waals surface area (Å²) in [6.07, 6.45) is 3.78. The first kappa shape index (κ1) is 10.1. The molecule has 0 aromatic carbocycles. The molecular formula is C12H16ClNS. The van der Waals surface area contributed by atoms with Crippen LogP contribution in [0.1, 0.15) is 43.2 Å². The fraction of sp³-hybridized carbons (Fsp3) is 0.667. The van der Waals surface area contributed by atoms with Crippen molar-refractivity contribution in [3.63, 3.8) is 0 Å². The highest BCUT2D eigenvalue weighted by Crippen LogP contribution is 2.48. The number of aryl methyl sites for hydroxylation is 1. The van der Waals surface area contributed by atoms with E-state index in [4.69, 9.17) is 11.6 Å². The average molecular weight is 242 g/mol. The van der Waals surface area contributed by atoms with Crippen LogP contribution in [0.4, 0.5) is 0 Å². The predicted molar refractivity (Wildman–Crippen MR) is 65.7 cm³/mol. The maximum atomic E-state index is 6.04. The summed E-state index contributed by atoms with van der Waals surface area (Å²) in [6.45, 7) is 4.67. The molecule has 1 heterocycles. The topological polar surface area (TPSA) is 12.0 Å². The summed E-state index contributed by atoms with van der Waals surface area (Å²) >= 11 is 7.80. The molecule has 0 bridgehead atoms. The molecule has 0 aliphatic heterocycles. The Morgan fingerprint density at radius 1 is 1.53 bits per heavy atom. The van der Waals surface area contributed by atoms with E-state index >= 15 is 0 Å². The van der Waals surface area contributed by atoms with Crippen molar-refractivity contribution >= 4 is 22.9 Å². The zero-order valence-electron chi connectivity index (χ0n) is 9.14. The SMILES string of the molecule is CC1(C)CC1NC1CCc2sc(Cl)cc21. The first-order valence-electron chi connectivity index (χ1n) is 5.60. The van der Waals surface area contributed by atoms with Gasteiger partial charge in [-0.1, -0.05) is 25.4 Å². The third-order valence-corrected chi connectivity index (χ3v) is 5.10. The van der Waals surface area contributed by atoms with Gasteiger partial charge in [-0.05, 0) is 36.3 Å². The summed E-state index contributed by atoms with van der Waals surface area (Å²) < 4.78 is 0.946. The van der Waals surface area contributed by atoms with E-state index in [2.05, 4.69) is 25.2 Å². The fourth-order valence-electron chi connectivity index (χ4n) is 2.50. The second-order valence-corrected chi connectivity index (χ2v) is 7.20. The van der Waals surface area contributed by atoms with E-state index in [-0.39, 0.29) is 0 Å². The molecule has 0 radical (unpaired) electrons. The molecule has 2 aliphatic carbocycles. The lowest BCUT2D eigenvalue weighted by molar-refractivity contribution is 0.468. The van der Waals surface area contributed by atoms with Crippen molar-refractivity contribution in [1.29, 1.82) is 0 Å². The van der Waals surface area contributed by atoms with Crippen molar-refractivity contribution in [1.82, 2.24) is 5.32 Å². The van der Waals surface area contributed by atoms with Gasteiger partial charge in [0.15, 0.2) is 0 Å². The van der Waals surface area contributed by atoms with Gasteiger partial charge in [0.2, 0.25) is 0 Å². The Morgan fingerprint density at radius 3 is 2.93 bits per heavy atom. The third kappa shape index (κ3) is 1.73. The Morgan fingerprint density at radius 2 is 2.27 bits per heavy atom. The highest BCUT2D eigenvalue weighted by molar-refractivity contribution is 7.16. The van der Waals surface area contributed by atoms with Gasteiger partial charge >= 0.3 is 0 Å². The van der Waals surface area contributed by atoms with Crippen molar-refractivity contribution in [3.8, 4) is 0 Å². The van der Waals surface area contributed by atoms with E-state index in [1.54, 1.807) is 11.3 Å². The van der Waals surface area contributed by atoms with Gasteiger partial charge in [0, 0.05) is 17.0 Å². The van der Waals surface area contributed by atoms with Crippen LogP contribution < -0.4 is 5.32 Å².